The molecule has 0 amide bonds. The molecule has 0 saturated carbocycles. The van der Waals surface area contributed by atoms with Crippen molar-refractivity contribution >= 4 is 25.8 Å². The summed E-state index contributed by atoms with van der Waals surface area (Å²) in [5, 5.41) is 22.6. The van der Waals surface area contributed by atoms with Gasteiger partial charge in [-0.1, -0.05) is 106 Å². The van der Waals surface area contributed by atoms with Crippen LogP contribution in [-0.2, 0) is 9.08 Å². The van der Waals surface area contributed by atoms with Gasteiger partial charge in [0.1, 0.15) is 5.75 Å². The summed E-state index contributed by atoms with van der Waals surface area (Å²) in [4.78, 5) is 0. The highest BCUT2D eigenvalue weighted by Crippen LogP contribution is 2.38. The van der Waals surface area contributed by atoms with Gasteiger partial charge in [0.25, 0.3) is 8.32 Å². The third kappa shape index (κ3) is 5.21. The van der Waals surface area contributed by atoms with Crippen molar-refractivity contribution in [2.75, 3.05) is 6.61 Å². The molecule has 6 heteroatoms. The van der Waals surface area contributed by atoms with E-state index in [1.165, 1.54) is 10.4 Å². The van der Waals surface area contributed by atoms with Crippen LogP contribution >= 0.6 is 0 Å². The lowest BCUT2D eigenvalue weighted by atomic mass is 9.71. The zero-order valence-corrected chi connectivity index (χ0v) is 21.6. The van der Waals surface area contributed by atoms with Crippen molar-refractivity contribution < 1.29 is 19.2 Å². The van der Waals surface area contributed by atoms with Gasteiger partial charge in [0.15, 0.2) is 0 Å². The Kier molecular flexibility index (Phi) is 7.48. The van der Waals surface area contributed by atoms with Gasteiger partial charge in [0, 0.05) is 0 Å². The van der Waals surface area contributed by atoms with E-state index in [0.717, 1.165) is 11.1 Å². The highest BCUT2D eigenvalue weighted by Gasteiger charge is 2.50. The number of phenolic OH excluding ortho intramolecular Hbond substituents is 1. The van der Waals surface area contributed by atoms with Gasteiger partial charge in [-0.25, -0.2) is 0 Å². The van der Waals surface area contributed by atoms with Gasteiger partial charge in [0.05, 0.1) is 12.7 Å². The average molecular weight is 484 g/mol. The van der Waals surface area contributed by atoms with Crippen molar-refractivity contribution in [3.8, 4) is 5.75 Å². The van der Waals surface area contributed by atoms with Gasteiger partial charge in [-0.2, -0.15) is 0 Å². The highest BCUT2D eigenvalue weighted by molar-refractivity contribution is 6.99. The first-order valence-corrected chi connectivity index (χ1v) is 13.9. The van der Waals surface area contributed by atoms with E-state index in [1.807, 2.05) is 30.3 Å². The minimum Gasteiger partial charge on any atom is -0.508 e. The summed E-state index contributed by atoms with van der Waals surface area (Å²) in [7, 11) is -3.79. The molecule has 0 saturated heterocycles. The van der Waals surface area contributed by atoms with Crippen molar-refractivity contribution in [1.29, 1.82) is 0 Å². The molecule has 2 N–H and O–H groups in total. The van der Waals surface area contributed by atoms with Crippen LogP contribution in [0.1, 0.15) is 38.9 Å². The van der Waals surface area contributed by atoms with Crippen LogP contribution in [0.5, 0.6) is 5.75 Å². The first kappa shape index (κ1) is 25.2. The first-order valence-electron chi connectivity index (χ1n) is 12.0. The topological polar surface area (TPSA) is 58.9 Å². The lowest BCUT2D eigenvalue weighted by Crippen LogP contribution is -2.66. The molecule has 0 aromatic heterocycles. The van der Waals surface area contributed by atoms with Crippen molar-refractivity contribution in [2.24, 2.45) is 0 Å². The maximum atomic E-state index is 10.8. The predicted molar refractivity (Wildman–Crippen MR) is 145 cm³/mol. The molecule has 0 radical (unpaired) electrons. The Morgan fingerprint density at radius 2 is 1.51 bits per heavy atom. The summed E-state index contributed by atoms with van der Waals surface area (Å²) in [5.74, 6) is 0.204. The van der Waals surface area contributed by atoms with Crippen LogP contribution in [-0.4, -0.2) is 32.2 Å². The molecule has 1 aliphatic rings. The third-order valence-electron chi connectivity index (χ3n) is 6.66. The highest BCUT2D eigenvalue weighted by atomic mass is 28.4. The fraction of sp³-hybridized carbons (Fsp3) is 0.241. The van der Waals surface area contributed by atoms with Gasteiger partial charge in [0.2, 0.25) is 0 Å². The summed E-state index contributed by atoms with van der Waals surface area (Å²) < 4.78 is 12.9. The molecule has 0 fully saturated rings. The minimum absolute atomic E-state index is 0.143. The quantitative estimate of drug-likeness (QED) is 0.467. The maximum absolute atomic E-state index is 10.8. The predicted octanol–water partition coefficient (Wildman–Crippen LogP) is 4.93. The second-order valence-electron chi connectivity index (χ2n) is 10.0. The van der Waals surface area contributed by atoms with Crippen LogP contribution in [0.4, 0.5) is 0 Å². The first-order chi connectivity index (χ1) is 16.7. The molecular formula is C29H33BO4Si. The summed E-state index contributed by atoms with van der Waals surface area (Å²) in [5.41, 5.74) is 2.29. The number of rotatable bonds is 7. The molecule has 3 aromatic carbocycles. The lowest BCUT2D eigenvalue weighted by molar-refractivity contribution is 0.168. The molecule has 0 bridgehead atoms. The average Bonchev–Trinajstić information content (AvgIpc) is 2.85. The molecule has 1 aliphatic heterocycles. The van der Waals surface area contributed by atoms with Gasteiger partial charge >= 0.3 is 7.12 Å². The van der Waals surface area contributed by atoms with Gasteiger partial charge in [-0.05, 0) is 50.6 Å². The van der Waals surface area contributed by atoms with E-state index >= 15 is 0 Å². The zero-order chi connectivity index (χ0) is 25.1. The molecule has 0 spiro atoms. The number of hydrogen-bond acceptors (Lipinski definition) is 4. The maximum Gasteiger partial charge on any atom is 0.491 e. The molecule has 3 aromatic rings. The number of benzene rings is 3. The Morgan fingerprint density at radius 1 is 0.971 bits per heavy atom. The molecule has 1 heterocycles. The zero-order valence-electron chi connectivity index (χ0n) is 20.6. The standard InChI is InChI=1S/C29H33BO4Si/c1-22(27-19-20-28(34-30(27)32)23-15-17-24(31)18-16-23)21-33-35(29(2,3)4,25-11-7-5-8-12-25)26-13-9-6-10-14-26/h5-19,28,31-32H,1,20-21H2,2-4H3. The summed E-state index contributed by atoms with van der Waals surface area (Å²) in [6, 6.07) is 27.8. The number of phenols is 1. The molecule has 35 heavy (non-hydrogen) atoms. The molecule has 180 valence electrons. The smallest absolute Gasteiger partial charge is 0.491 e. The molecule has 1 atom stereocenters. The van der Waals surface area contributed by atoms with Gasteiger partial charge in [-0.3, -0.25) is 0 Å². The Morgan fingerprint density at radius 3 is 2.00 bits per heavy atom. The molecule has 1 unspecified atom stereocenters. The van der Waals surface area contributed by atoms with Crippen molar-refractivity contribution in [3.63, 3.8) is 0 Å². The van der Waals surface area contributed by atoms with Crippen LogP contribution in [0.25, 0.3) is 0 Å². The summed E-state index contributed by atoms with van der Waals surface area (Å²) in [6.07, 6.45) is 2.32. The number of aromatic hydroxyl groups is 1. The fourth-order valence-electron chi connectivity index (χ4n) is 4.88. The second-order valence-corrected chi connectivity index (χ2v) is 14.3. The van der Waals surface area contributed by atoms with Crippen LogP contribution < -0.4 is 10.4 Å². The minimum atomic E-state index is -2.70. The second kappa shape index (κ2) is 10.4. The SMILES string of the molecule is C=C(CO[Si](c1ccccc1)(c1ccccc1)C(C)(C)C)C1=CCC(c2ccc(O)cc2)OB1O. The van der Waals surface area contributed by atoms with Crippen LogP contribution in [0.15, 0.2) is 109 Å². The van der Waals surface area contributed by atoms with E-state index in [9.17, 15) is 10.1 Å². The van der Waals surface area contributed by atoms with E-state index in [1.54, 1.807) is 12.1 Å². The van der Waals surface area contributed by atoms with Gasteiger partial charge < -0.3 is 19.2 Å². The monoisotopic (exact) mass is 484 g/mol. The summed E-state index contributed by atoms with van der Waals surface area (Å²) >= 11 is 0. The van der Waals surface area contributed by atoms with E-state index < -0.39 is 15.4 Å². The van der Waals surface area contributed by atoms with Crippen LogP contribution in [0, 0.1) is 0 Å². The Labute approximate surface area is 209 Å². The van der Waals surface area contributed by atoms with E-state index in [-0.39, 0.29) is 16.9 Å². The molecular weight excluding hydrogens is 451 g/mol. The van der Waals surface area contributed by atoms with E-state index in [2.05, 4.69) is 75.9 Å². The molecule has 4 nitrogen and oxygen atoms in total. The van der Waals surface area contributed by atoms with Crippen LogP contribution in [0.2, 0.25) is 5.04 Å². The molecule has 4 rings (SSSR count). The van der Waals surface area contributed by atoms with E-state index in [4.69, 9.17) is 9.08 Å². The fourth-order valence-corrected chi connectivity index (χ4v) is 9.43. The largest absolute Gasteiger partial charge is 0.508 e. The summed E-state index contributed by atoms with van der Waals surface area (Å²) in [6.45, 7) is 11.3. The Balaban J connectivity index is 1.60. The van der Waals surface area contributed by atoms with Crippen molar-refractivity contribution in [3.05, 3.63) is 114 Å². The van der Waals surface area contributed by atoms with Crippen molar-refractivity contribution in [2.45, 2.75) is 38.3 Å². The van der Waals surface area contributed by atoms with Gasteiger partial charge in [-0.15, -0.1) is 0 Å². The molecule has 0 aliphatic carbocycles. The Bertz CT molecular complexity index is 1130. The van der Waals surface area contributed by atoms with Crippen molar-refractivity contribution in [1.82, 2.24) is 0 Å². The number of hydrogen-bond donors (Lipinski definition) is 2. The lowest BCUT2D eigenvalue weighted by Gasteiger charge is -2.43. The van der Waals surface area contributed by atoms with Crippen LogP contribution in [0.3, 0.4) is 0 Å². The normalized spacial score (nSPS) is 16.6. The third-order valence-corrected chi connectivity index (χ3v) is 11.6. The Hall–Kier alpha value is -2.90. The van der Waals surface area contributed by atoms with E-state index in [0.29, 0.717) is 18.5 Å².